The Morgan fingerprint density at radius 2 is 2.00 bits per heavy atom. The van der Waals surface area contributed by atoms with Crippen molar-refractivity contribution >= 4 is 11.9 Å². The first-order chi connectivity index (χ1) is 10.2. The molecule has 1 amide bonds. The number of carbonyl (C=O) groups excluding carboxylic acids is 2. The summed E-state index contributed by atoms with van der Waals surface area (Å²) in [5, 5.41) is 11.3. The van der Waals surface area contributed by atoms with E-state index in [9.17, 15) is 9.59 Å². The standard InChI is InChI=1S/C16H19NO4/c1-2-21-15(19)10-11-17-16(20)14-8-6-13(7-9-14)5-3-4-12-18/h6-9,18H,2,4,10-12H2,1H3,(H,17,20). The molecule has 0 bridgehead atoms. The maximum Gasteiger partial charge on any atom is 0.307 e. The van der Waals surface area contributed by atoms with Crippen LogP contribution in [0.5, 0.6) is 0 Å². The molecule has 0 saturated carbocycles. The predicted octanol–water partition coefficient (Wildman–Crippen LogP) is 1.10. The molecular formula is C16H19NO4. The Labute approximate surface area is 124 Å². The third-order valence-corrected chi connectivity index (χ3v) is 2.54. The molecule has 2 N–H and O–H groups in total. The Kier molecular flexibility index (Phi) is 7.62. The average Bonchev–Trinajstić information content (AvgIpc) is 2.48. The first kappa shape index (κ1) is 16.7. The van der Waals surface area contributed by atoms with E-state index in [1.54, 1.807) is 31.2 Å². The van der Waals surface area contributed by atoms with Crippen LogP contribution in [0.1, 0.15) is 35.7 Å². The molecule has 0 atom stereocenters. The van der Waals surface area contributed by atoms with Crippen LogP contribution in [0.15, 0.2) is 24.3 Å². The molecule has 5 heteroatoms. The van der Waals surface area contributed by atoms with E-state index in [4.69, 9.17) is 9.84 Å². The van der Waals surface area contributed by atoms with E-state index in [1.165, 1.54) is 0 Å². The second kappa shape index (κ2) is 9.56. The number of ether oxygens (including phenoxy) is 1. The lowest BCUT2D eigenvalue weighted by atomic mass is 10.1. The molecule has 1 aromatic carbocycles. The summed E-state index contributed by atoms with van der Waals surface area (Å²) in [6, 6.07) is 6.82. The van der Waals surface area contributed by atoms with E-state index < -0.39 is 0 Å². The minimum absolute atomic E-state index is 0.0357. The fraction of sp³-hybridized carbons (Fsp3) is 0.375. The quantitative estimate of drug-likeness (QED) is 0.607. The van der Waals surface area contributed by atoms with Gasteiger partial charge in [0, 0.05) is 24.1 Å². The van der Waals surface area contributed by atoms with Crippen molar-refractivity contribution in [1.29, 1.82) is 0 Å². The number of aliphatic hydroxyl groups excluding tert-OH is 1. The van der Waals surface area contributed by atoms with Crippen LogP contribution >= 0.6 is 0 Å². The number of benzene rings is 1. The highest BCUT2D eigenvalue weighted by Crippen LogP contribution is 2.03. The Hall–Kier alpha value is -2.32. The van der Waals surface area contributed by atoms with Gasteiger partial charge in [-0.05, 0) is 31.2 Å². The molecule has 0 aliphatic rings. The van der Waals surface area contributed by atoms with Crippen LogP contribution in [-0.2, 0) is 9.53 Å². The number of carbonyl (C=O) groups is 2. The highest BCUT2D eigenvalue weighted by atomic mass is 16.5. The zero-order valence-corrected chi connectivity index (χ0v) is 12.0. The van der Waals surface area contributed by atoms with Crippen LogP contribution in [0.4, 0.5) is 0 Å². The SMILES string of the molecule is CCOC(=O)CCNC(=O)c1ccc(C#CCCO)cc1. The first-order valence-electron chi connectivity index (χ1n) is 6.81. The summed E-state index contributed by atoms with van der Waals surface area (Å²) in [5.41, 5.74) is 1.29. The van der Waals surface area contributed by atoms with Crippen LogP contribution in [0.3, 0.4) is 0 Å². The van der Waals surface area contributed by atoms with E-state index in [-0.39, 0.29) is 31.4 Å². The summed E-state index contributed by atoms with van der Waals surface area (Å²) in [6.07, 6.45) is 0.584. The number of nitrogens with one attached hydrogen (secondary N) is 1. The summed E-state index contributed by atoms with van der Waals surface area (Å²) in [7, 11) is 0. The first-order valence-corrected chi connectivity index (χ1v) is 6.81. The van der Waals surface area contributed by atoms with E-state index in [1.807, 2.05) is 0 Å². The summed E-state index contributed by atoms with van der Waals surface area (Å²) >= 11 is 0. The van der Waals surface area contributed by atoms with Gasteiger partial charge in [-0.25, -0.2) is 0 Å². The summed E-state index contributed by atoms with van der Waals surface area (Å²) in [5.74, 6) is 5.12. The minimum atomic E-state index is -0.327. The van der Waals surface area contributed by atoms with Gasteiger partial charge >= 0.3 is 5.97 Å². The van der Waals surface area contributed by atoms with Crippen molar-refractivity contribution in [3.8, 4) is 11.8 Å². The molecule has 0 radical (unpaired) electrons. The van der Waals surface area contributed by atoms with Crippen molar-refractivity contribution in [2.75, 3.05) is 19.8 Å². The lowest BCUT2D eigenvalue weighted by Gasteiger charge is -2.05. The molecule has 0 aromatic heterocycles. The Morgan fingerprint density at radius 1 is 1.29 bits per heavy atom. The number of hydrogen-bond donors (Lipinski definition) is 2. The second-order valence-electron chi connectivity index (χ2n) is 4.16. The largest absolute Gasteiger partial charge is 0.466 e. The summed E-state index contributed by atoms with van der Waals surface area (Å²) < 4.78 is 4.77. The van der Waals surface area contributed by atoms with Crippen molar-refractivity contribution in [2.45, 2.75) is 19.8 Å². The van der Waals surface area contributed by atoms with Gasteiger partial charge in [0.15, 0.2) is 0 Å². The molecule has 0 saturated heterocycles. The molecule has 112 valence electrons. The molecule has 1 rings (SSSR count). The van der Waals surface area contributed by atoms with Gasteiger partial charge in [0.1, 0.15) is 0 Å². The summed E-state index contributed by atoms with van der Waals surface area (Å²) in [6.45, 7) is 2.36. The molecule has 0 aliphatic heterocycles. The topological polar surface area (TPSA) is 75.6 Å². The lowest BCUT2D eigenvalue weighted by Crippen LogP contribution is -2.26. The maximum absolute atomic E-state index is 11.8. The third kappa shape index (κ3) is 6.59. The van der Waals surface area contributed by atoms with Crippen LogP contribution in [0.2, 0.25) is 0 Å². The van der Waals surface area contributed by atoms with Crippen molar-refractivity contribution in [3.05, 3.63) is 35.4 Å². The molecular weight excluding hydrogens is 270 g/mol. The van der Waals surface area contributed by atoms with Gasteiger partial charge in [0.05, 0.1) is 19.6 Å². The van der Waals surface area contributed by atoms with Crippen LogP contribution in [0.25, 0.3) is 0 Å². The second-order valence-corrected chi connectivity index (χ2v) is 4.16. The predicted molar refractivity (Wildman–Crippen MR) is 78.6 cm³/mol. The smallest absolute Gasteiger partial charge is 0.307 e. The molecule has 1 aromatic rings. The minimum Gasteiger partial charge on any atom is -0.466 e. The normalized spacial score (nSPS) is 9.43. The number of esters is 1. The average molecular weight is 289 g/mol. The maximum atomic E-state index is 11.8. The van der Waals surface area contributed by atoms with Crippen LogP contribution < -0.4 is 5.32 Å². The summed E-state index contributed by atoms with van der Waals surface area (Å²) in [4.78, 5) is 22.9. The zero-order valence-electron chi connectivity index (χ0n) is 12.0. The molecule has 21 heavy (non-hydrogen) atoms. The number of rotatable bonds is 6. The fourth-order valence-corrected chi connectivity index (χ4v) is 1.54. The van der Waals surface area contributed by atoms with Gasteiger partial charge < -0.3 is 15.2 Å². The fourth-order valence-electron chi connectivity index (χ4n) is 1.54. The third-order valence-electron chi connectivity index (χ3n) is 2.54. The molecule has 0 heterocycles. The molecule has 0 unspecified atom stereocenters. The van der Waals surface area contributed by atoms with Crippen LogP contribution in [0, 0.1) is 11.8 Å². The van der Waals surface area contributed by atoms with E-state index in [0.29, 0.717) is 18.6 Å². The molecule has 0 aliphatic carbocycles. The van der Waals surface area contributed by atoms with Gasteiger partial charge in [-0.3, -0.25) is 9.59 Å². The molecule has 5 nitrogen and oxygen atoms in total. The molecule has 0 spiro atoms. The van der Waals surface area contributed by atoms with Crippen molar-refractivity contribution in [2.24, 2.45) is 0 Å². The van der Waals surface area contributed by atoms with E-state index in [0.717, 1.165) is 5.56 Å². The Balaban J connectivity index is 2.45. The monoisotopic (exact) mass is 289 g/mol. The number of hydrogen-bond acceptors (Lipinski definition) is 4. The van der Waals surface area contributed by atoms with Gasteiger partial charge in [-0.15, -0.1) is 0 Å². The number of aliphatic hydroxyl groups is 1. The van der Waals surface area contributed by atoms with Crippen molar-refractivity contribution in [1.82, 2.24) is 5.32 Å². The van der Waals surface area contributed by atoms with Gasteiger partial charge in [-0.2, -0.15) is 0 Å². The Bertz CT molecular complexity index is 525. The Morgan fingerprint density at radius 3 is 2.62 bits per heavy atom. The zero-order chi connectivity index (χ0) is 15.5. The van der Waals surface area contributed by atoms with Crippen molar-refractivity contribution in [3.63, 3.8) is 0 Å². The highest BCUT2D eigenvalue weighted by molar-refractivity contribution is 5.94. The molecule has 0 fully saturated rings. The van der Waals surface area contributed by atoms with Crippen LogP contribution in [-0.4, -0.2) is 36.7 Å². The van der Waals surface area contributed by atoms with E-state index in [2.05, 4.69) is 17.2 Å². The lowest BCUT2D eigenvalue weighted by molar-refractivity contribution is -0.142. The van der Waals surface area contributed by atoms with Crippen molar-refractivity contribution < 1.29 is 19.4 Å². The van der Waals surface area contributed by atoms with Gasteiger partial charge in [0.25, 0.3) is 5.91 Å². The highest BCUT2D eigenvalue weighted by Gasteiger charge is 2.06. The van der Waals surface area contributed by atoms with Gasteiger partial charge in [0.2, 0.25) is 0 Å². The van der Waals surface area contributed by atoms with E-state index >= 15 is 0 Å². The number of amides is 1. The van der Waals surface area contributed by atoms with Gasteiger partial charge in [-0.1, -0.05) is 11.8 Å².